The number of fused-ring (bicyclic) bond motifs is 1. The van der Waals surface area contributed by atoms with E-state index in [1.165, 1.54) is 0 Å². The normalized spacial score (nSPS) is 13.6. The molecule has 3 heterocycles. The van der Waals surface area contributed by atoms with Crippen molar-refractivity contribution in [3.63, 3.8) is 0 Å². The van der Waals surface area contributed by atoms with Crippen molar-refractivity contribution in [3.05, 3.63) is 75.7 Å². The Balaban J connectivity index is 1.38. The Bertz CT molecular complexity index is 1160. The second-order valence-corrected chi connectivity index (χ2v) is 7.38. The molecule has 1 aromatic carbocycles. The number of benzene rings is 1. The smallest absolute Gasteiger partial charge is 0.338 e. The van der Waals surface area contributed by atoms with Crippen LogP contribution in [0, 0.1) is 25.2 Å². The van der Waals surface area contributed by atoms with E-state index >= 15 is 0 Å². The highest BCUT2D eigenvalue weighted by Gasteiger charge is 2.25. The number of hydrogen-bond donors (Lipinski definition) is 2. The molecule has 1 unspecified atom stereocenters. The molecule has 0 amide bonds. The Morgan fingerprint density at radius 2 is 2.20 bits per heavy atom. The van der Waals surface area contributed by atoms with E-state index in [0.29, 0.717) is 36.6 Å². The summed E-state index contributed by atoms with van der Waals surface area (Å²) in [5, 5.41) is 16.7. The SMILES string of the molecule is Cc1cc(-n2cc(CNCC(N)c3ccc4c(c3C)COC4=O)cn2)ncc1C#N. The first-order valence-electron chi connectivity index (χ1n) is 9.64. The lowest BCUT2D eigenvalue weighted by Crippen LogP contribution is -2.27. The molecule has 1 atom stereocenters. The Morgan fingerprint density at radius 3 is 2.97 bits per heavy atom. The van der Waals surface area contributed by atoms with Crippen LogP contribution in [0.4, 0.5) is 0 Å². The Labute approximate surface area is 174 Å². The van der Waals surface area contributed by atoms with E-state index in [-0.39, 0.29) is 12.0 Å². The molecule has 0 saturated carbocycles. The highest BCUT2D eigenvalue weighted by Crippen LogP contribution is 2.28. The van der Waals surface area contributed by atoms with Crippen LogP contribution in [0.15, 0.2) is 36.8 Å². The Kier molecular flexibility index (Phi) is 5.31. The first-order valence-corrected chi connectivity index (χ1v) is 9.64. The summed E-state index contributed by atoms with van der Waals surface area (Å²) in [7, 11) is 0. The molecule has 30 heavy (non-hydrogen) atoms. The van der Waals surface area contributed by atoms with Crippen molar-refractivity contribution < 1.29 is 9.53 Å². The number of carbonyl (C=O) groups excluding carboxylic acids is 1. The molecule has 1 aliphatic rings. The molecule has 0 fully saturated rings. The van der Waals surface area contributed by atoms with Crippen LogP contribution in [0.1, 0.15) is 49.8 Å². The fourth-order valence-corrected chi connectivity index (χ4v) is 3.61. The van der Waals surface area contributed by atoms with E-state index in [1.807, 2.05) is 32.2 Å². The number of nitrogens with zero attached hydrogens (tertiary/aromatic N) is 4. The highest BCUT2D eigenvalue weighted by molar-refractivity contribution is 5.93. The standard InChI is InChI=1S/C22H22N6O2/c1-13-5-21(26-9-16(13)6-23)28-11-15(8-27-28)7-25-10-20(24)17-3-4-18-19(14(17)2)12-30-22(18)29/h3-5,8-9,11,20,25H,7,10,12,24H2,1-2H3. The van der Waals surface area contributed by atoms with E-state index in [1.54, 1.807) is 23.1 Å². The van der Waals surface area contributed by atoms with Gasteiger partial charge in [0, 0.05) is 42.7 Å². The maximum absolute atomic E-state index is 11.7. The summed E-state index contributed by atoms with van der Waals surface area (Å²) in [6.45, 7) is 5.35. The van der Waals surface area contributed by atoms with Gasteiger partial charge >= 0.3 is 5.97 Å². The third-order valence-electron chi connectivity index (χ3n) is 5.39. The van der Waals surface area contributed by atoms with Crippen molar-refractivity contribution in [2.45, 2.75) is 33.0 Å². The molecule has 0 radical (unpaired) electrons. The lowest BCUT2D eigenvalue weighted by atomic mass is 9.94. The van der Waals surface area contributed by atoms with Gasteiger partial charge in [-0.15, -0.1) is 0 Å². The monoisotopic (exact) mass is 402 g/mol. The fourth-order valence-electron chi connectivity index (χ4n) is 3.61. The van der Waals surface area contributed by atoms with Crippen LogP contribution in [0.3, 0.4) is 0 Å². The summed E-state index contributed by atoms with van der Waals surface area (Å²) in [4.78, 5) is 16.0. The van der Waals surface area contributed by atoms with Crippen LogP contribution < -0.4 is 11.1 Å². The second kappa shape index (κ2) is 8.06. The molecule has 8 nitrogen and oxygen atoms in total. The number of nitrogens with one attached hydrogen (secondary N) is 1. The van der Waals surface area contributed by atoms with Gasteiger partial charge in [0.05, 0.1) is 17.3 Å². The first-order chi connectivity index (χ1) is 14.5. The zero-order valence-corrected chi connectivity index (χ0v) is 16.8. The maximum atomic E-state index is 11.7. The number of carbonyl (C=O) groups is 1. The number of rotatable bonds is 6. The van der Waals surface area contributed by atoms with Crippen LogP contribution >= 0.6 is 0 Å². The summed E-state index contributed by atoms with van der Waals surface area (Å²) >= 11 is 0. The van der Waals surface area contributed by atoms with E-state index in [0.717, 1.165) is 27.8 Å². The van der Waals surface area contributed by atoms with Crippen molar-refractivity contribution in [2.24, 2.45) is 5.73 Å². The van der Waals surface area contributed by atoms with E-state index < -0.39 is 0 Å². The third-order valence-corrected chi connectivity index (χ3v) is 5.39. The van der Waals surface area contributed by atoms with Gasteiger partial charge in [-0.1, -0.05) is 6.07 Å². The van der Waals surface area contributed by atoms with Crippen molar-refractivity contribution in [1.82, 2.24) is 20.1 Å². The average molecular weight is 402 g/mol. The summed E-state index contributed by atoms with van der Waals surface area (Å²) in [6, 6.07) is 7.45. The molecular weight excluding hydrogens is 380 g/mol. The predicted octanol–water partition coefficient (Wildman–Crippen LogP) is 2.22. The number of esters is 1. The lowest BCUT2D eigenvalue weighted by Gasteiger charge is -2.17. The number of aromatic nitrogens is 3. The van der Waals surface area contributed by atoms with E-state index in [9.17, 15) is 4.79 Å². The number of cyclic esters (lactones) is 1. The van der Waals surface area contributed by atoms with Gasteiger partial charge in [0.15, 0.2) is 5.82 Å². The second-order valence-electron chi connectivity index (χ2n) is 7.38. The molecule has 0 spiro atoms. The van der Waals surface area contributed by atoms with Crippen molar-refractivity contribution >= 4 is 5.97 Å². The number of nitriles is 1. The summed E-state index contributed by atoms with van der Waals surface area (Å²) in [5.41, 5.74) is 12.4. The van der Waals surface area contributed by atoms with Gasteiger partial charge in [0.25, 0.3) is 0 Å². The first kappa shape index (κ1) is 19.8. The molecule has 152 valence electrons. The van der Waals surface area contributed by atoms with Crippen LogP contribution in [-0.4, -0.2) is 27.3 Å². The van der Waals surface area contributed by atoms with Gasteiger partial charge in [-0.3, -0.25) is 0 Å². The minimum atomic E-state index is -0.268. The van der Waals surface area contributed by atoms with Crippen molar-refractivity contribution in [3.8, 4) is 11.9 Å². The molecule has 0 saturated heterocycles. The minimum Gasteiger partial charge on any atom is -0.457 e. The molecule has 3 aromatic rings. The number of aryl methyl sites for hydroxylation is 1. The number of ether oxygens (including phenoxy) is 1. The fraction of sp³-hybridized carbons (Fsp3) is 0.273. The number of pyridine rings is 1. The zero-order valence-electron chi connectivity index (χ0n) is 16.8. The van der Waals surface area contributed by atoms with Crippen molar-refractivity contribution in [2.75, 3.05) is 6.54 Å². The molecular formula is C22H22N6O2. The largest absolute Gasteiger partial charge is 0.457 e. The molecule has 3 N–H and O–H groups in total. The predicted molar refractivity (Wildman–Crippen MR) is 110 cm³/mol. The van der Waals surface area contributed by atoms with Gasteiger partial charge in [-0.05, 0) is 42.7 Å². The maximum Gasteiger partial charge on any atom is 0.338 e. The molecule has 4 rings (SSSR count). The number of nitrogens with two attached hydrogens (primary N) is 1. The number of hydrogen-bond acceptors (Lipinski definition) is 7. The highest BCUT2D eigenvalue weighted by atomic mass is 16.5. The summed E-state index contributed by atoms with van der Waals surface area (Å²) in [5.74, 6) is 0.398. The van der Waals surface area contributed by atoms with Crippen LogP contribution in [0.5, 0.6) is 0 Å². The van der Waals surface area contributed by atoms with Crippen molar-refractivity contribution in [1.29, 1.82) is 5.26 Å². The molecule has 2 aromatic heterocycles. The van der Waals surface area contributed by atoms with Crippen LogP contribution in [0.25, 0.3) is 5.82 Å². The van der Waals surface area contributed by atoms with Crippen LogP contribution in [0.2, 0.25) is 0 Å². The lowest BCUT2D eigenvalue weighted by molar-refractivity contribution is 0.0535. The molecule has 8 heteroatoms. The summed E-state index contributed by atoms with van der Waals surface area (Å²) in [6.07, 6.45) is 5.23. The Morgan fingerprint density at radius 1 is 1.37 bits per heavy atom. The molecule has 0 aliphatic carbocycles. The zero-order chi connectivity index (χ0) is 21.3. The van der Waals surface area contributed by atoms with Gasteiger partial charge in [-0.25, -0.2) is 14.5 Å². The molecule has 0 bridgehead atoms. The van der Waals surface area contributed by atoms with Crippen LogP contribution in [-0.2, 0) is 17.9 Å². The third kappa shape index (κ3) is 3.68. The van der Waals surface area contributed by atoms with Gasteiger partial charge in [0.1, 0.15) is 12.7 Å². The Hall–Kier alpha value is -3.54. The minimum absolute atomic E-state index is 0.205. The van der Waals surface area contributed by atoms with Gasteiger partial charge < -0.3 is 15.8 Å². The topological polar surface area (TPSA) is 119 Å². The van der Waals surface area contributed by atoms with Gasteiger partial charge in [-0.2, -0.15) is 10.4 Å². The average Bonchev–Trinajstić information content (AvgIpc) is 3.36. The van der Waals surface area contributed by atoms with E-state index in [2.05, 4.69) is 21.5 Å². The summed E-state index contributed by atoms with van der Waals surface area (Å²) < 4.78 is 6.80. The van der Waals surface area contributed by atoms with E-state index in [4.69, 9.17) is 15.7 Å². The van der Waals surface area contributed by atoms with Gasteiger partial charge in [0.2, 0.25) is 0 Å². The quantitative estimate of drug-likeness (QED) is 0.607. The molecule has 1 aliphatic heterocycles.